The number of carbonyl (C=O) groups is 1. The predicted octanol–water partition coefficient (Wildman–Crippen LogP) is 4.58. The molecule has 0 bridgehead atoms. The topological polar surface area (TPSA) is 49.3 Å². The minimum absolute atomic E-state index is 0.200. The summed E-state index contributed by atoms with van der Waals surface area (Å²) in [5.74, 6) is -0.606. The van der Waals surface area contributed by atoms with Gasteiger partial charge < -0.3 is 10.4 Å². The number of thiophene rings is 1. The Morgan fingerprint density at radius 2 is 2.14 bits per heavy atom. The first-order valence-electron chi connectivity index (χ1n) is 7.47. The molecular formula is C16H24ClNO2S. The van der Waals surface area contributed by atoms with Gasteiger partial charge in [0.2, 0.25) is 0 Å². The molecule has 3 nitrogen and oxygen atoms in total. The molecule has 1 aromatic heterocycles. The molecule has 1 fully saturated rings. The van der Waals surface area contributed by atoms with Crippen molar-refractivity contribution >= 4 is 28.9 Å². The first-order valence-corrected chi connectivity index (χ1v) is 8.67. The van der Waals surface area contributed by atoms with Crippen LogP contribution in [0.5, 0.6) is 0 Å². The minimum atomic E-state index is -0.664. The van der Waals surface area contributed by atoms with Crippen LogP contribution in [0.25, 0.3) is 0 Å². The van der Waals surface area contributed by atoms with Gasteiger partial charge in [0.05, 0.1) is 10.3 Å². The maximum Gasteiger partial charge on any atom is 0.307 e. The number of aliphatic carboxylic acids is 1. The molecule has 4 unspecified atom stereocenters. The molecule has 0 radical (unpaired) electrons. The molecule has 0 spiro atoms. The highest BCUT2D eigenvalue weighted by atomic mass is 35.5. The zero-order valence-electron chi connectivity index (χ0n) is 13.0. The second-order valence-corrected chi connectivity index (χ2v) is 8.46. The maximum absolute atomic E-state index is 11.4. The Hall–Kier alpha value is -0.580. The normalized spacial score (nSPS) is 30.0. The number of halogens is 1. The van der Waals surface area contributed by atoms with Crippen molar-refractivity contribution in [3.05, 3.63) is 21.3 Å². The lowest BCUT2D eigenvalue weighted by atomic mass is 9.61. The summed E-state index contributed by atoms with van der Waals surface area (Å²) in [6.45, 7) is 8.47. The highest BCUT2D eigenvalue weighted by molar-refractivity contribution is 7.16. The van der Waals surface area contributed by atoms with Crippen LogP contribution in [0.2, 0.25) is 4.34 Å². The number of hydrogen-bond donors (Lipinski definition) is 2. The van der Waals surface area contributed by atoms with Gasteiger partial charge in [-0.2, -0.15) is 0 Å². The summed E-state index contributed by atoms with van der Waals surface area (Å²) in [6, 6.07) is 4.57. The lowest BCUT2D eigenvalue weighted by Crippen LogP contribution is -2.51. The molecule has 4 atom stereocenters. The molecule has 1 aliphatic rings. The third-order valence-electron chi connectivity index (χ3n) is 5.22. The highest BCUT2D eigenvalue weighted by Crippen LogP contribution is 2.45. The highest BCUT2D eigenvalue weighted by Gasteiger charge is 2.46. The zero-order chi connectivity index (χ0) is 15.8. The zero-order valence-corrected chi connectivity index (χ0v) is 14.6. The Balaban J connectivity index is 2.07. The molecule has 21 heavy (non-hydrogen) atoms. The van der Waals surface area contributed by atoms with E-state index in [-0.39, 0.29) is 17.4 Å². The van der Waals surface area contributed by atoms with Crippen molar-refractivity contribution in [1.82, 2.24) is 5.32 Å². The molecule has 0 aromatic carbocycles. The monoisotopic (exact) mass is 329 g/mol. The molecular weight excluding hydrogens is 306 g/mol. The fourth-order valence-electron chi connectivity index (χ4n) is 3.44. The van der Waals surface area contributed by atoms with E-state index in [9.17, 15) is 9.90 Å². The van der Waals surface area contributed by atoms with Crippen molar-refractivity contribution in [2.45, 2.75) is 52.6 Å². The average Bonchev–Trinajstić information content (AvgIpc) is 2.81. The Morgan fingerprint density at radius 3 is 2.67 bits per heavy atom. The van der Waals surface area contributed by atoms with Crippen LogP contribution in [0.4, 0.5) is 0 Å². The average molecular weight is 330 g/mol. The maximum atomic E-state index is 11.4. The van der Waals surface area contributed by atoms with Crippen molar-refractivity contribution in [2.24, 2.45) is 17.3 Å². The van der Waals surface area contributed by atoms with Gasteiger partial charge in [0, 0.05) is 17.0 Å². The predicted molar refractivity (Wildman–Crippen MR) is 88.0 cm³/mol. The molecule has 2 N–H and O–H groups in total. The second-order valence-electron chi connectivity index (χ2n) is 6.71. The van der Waals surface area contributed by atoms with Crippen LogP contribution in [0, 0.1) is 17.3 Å². The molecule has 118 valence electrons. The third-order valence-corrected chi connectivity index (χ3v) is 6.64. The summed E-state index contributed by atoms with van der Waals surface area (Å²) in [5, 5.41) is 13.1. The van der Waals surface area contributed by atoms with Crippen LogP contribution < -0.4 is 5.32 Å². The van der Waals surface area contributed by atoms with Crippen LogP contribution in [-0.2, 0) is 4.79 Å². The van der Waals surface area contributed by atoms with Crippen molar-refractivity contribution in [1.29, 1.82) is 0 Å². The Morgan fingerprint density at radius 1 is 1.48 bits per heavy atom. The van der Waals surface area contributed by atoms with Gasteiger partial charge in [-0.25, -0.2) is 0 Å². The molecule has 1 saturated carbocycles. The second kappa shape index (κ2) is 6.27. The van der Waals surface area contributed by atoms with Gasteiger partial charge in [0.25, 0.3) is 0 Å². The largest absolute Gasteiger partial charge is 0.481 e. The van der Waals surface area contributed by atoms with E-state index in [1.807, 2.05) is 6.07 Å². The van der Waals surface area contributed by atoms with Gasteiger partial charge in [-0.1, -0.05) is 32.4 Å². The minimum Gasteiger partial charge on any atom is -0.481 e. The van der Waals surface area contributed by atoms with Gasteiger partial charge >= 0.3 is 5.97 Å². The van der Waals surface area contributed by atoms with Crippen LogP contribution in [0.1, 0.15) is 51.5 Å². The Bertz CT molecular complexity index is 514. The first kappa shape index (κ1) is 16.8. The lowest BCUT2D eigenvalue weighted by molar-refractivity contribution is -0.150. The fourth-order valence-corrected chi connectivity index (χ4v) is 4.51. The van der Waals surface area contributed by atoms with Gasteiger partial charge in [-0.05, 0) is 43.2 Å². The van der Waals surface area contributed by atoms with E-state index in [4.69, 9.17) is 11.6 Å². The quantitative estimate of drug-likeness (QED) is 0.850. The van der Waals surface area contributed by atoms with E-state index in [1.54, 1.807) is 11.3 Å². The van der Waals surface area contributed by atoms with E-state index >= 15 is 0 Å². The Kier molecular flexibility index (Phi) is 5.01. The van der Waals surface area contributed by atoms with Gasteiger partial charge in [-0.3, -0.25) is 4.79 Å². The van der Waals surface area contributed by atoms with Crippen LogP contribution in [0.3, 0.4) is 0 Å². The third kappa shape index (κ3) is 3.43. The van der Waals surface area contributed by atoms with Crippen LogP contribution >= 0.6 is 22.9 Å². The summed E-state index contributed by atoms with van der Waals surface area (Å²) in [7, 11) is 0. The number of carboxylic acids is 1. The Labute approximate surface area is 135 Å². The SMILES string of the molecule is CC(NC1CCC(C(=O)O)C(C)(C)C1C)c1ccc(Cl)s1. The summed E-state index contributed by atoms with van der Waals surface area (Å²) in [4.78, 5) is 12.7. The van der Waals surface area contributed by atoms with Crippen molar-refractivity contribution in [2.75, 3.05) is 0 Å². The number of hydrogen-bond acceptors (Lipinski definition) is 3. The molecule has 0 saturated heterocycles. The van der Waals surface area contributed by atoms with Gasteiger partial charge in [-0.15, -0.1) is 11.3 Å². The van der Waals surface area contributed by atoms with Crippen LogP contribution in [-0.4, -0.2) is 17.1 Å². The van der Waals surface area contributed by atoms with E-state index in [0.29, 0.717) is 12.0 Å². The first-order chi connectivity index (χ1) is 9.73. The number of carboxylic acid groups (broad SMARTS) is 1. The molecule has 2 rings (SSSR count). The summed E-state index contributed by atoms with van der Waals surface area (Å²) < 4.78 is 0.807. The van der Waals surface area contributed by atoms with Gasteiger partial charge in [0.15, 0.2) is 0 Å². The van der Waals surface area contributed by atoms with Gasteiger partial charge in [0.1, 0.15) is 0 Å². The smallest absolute Gasteiger partial charge is 0.307 e. The van der Waals surface area contributed by atoms with Crippen LogP contribution in [0.15, 0.2) is 12.1 Å². The molecule has 1 aliphatic carbocycles. The van der Waals surface area contributed by atoms with Crippen molar-refractivity contribution in [3.63, 3.8) is 0 Å². The molecule has 1 heterocycles. The fraction of sp³-hybridized carbons (Fsp3) is 0.688. The molecule has 0 aliphatic heterocycles. The summed E-state index contributed by atoms with van der Waals surface area (Å²) >= 11 is 7.60. The molecule has 5 heteroatoms. The summed E-state index contributed by atoms with van der Waals surface area (Å²) in [5.41, 5.74) is -0.200. The standard InChI is InChI=1S/C16H24ClNO2S/c1-9-12(6-5-11(15(19)20)16(9,3)4)18-10(2)13-7-8-14(17)21-13/h7-12,18H,5-6H2,1-4H3,(H,19,20). The number of rotatable bonds is 4. The van der Waals surface area contributed by atoms with Crippen molar-refractivity contribution in [3.8, 4) is 0 Å². The number of nitrogens with one attached hydrogen (secondary N) is 1. The lowest BCUT2D eigenvalue weighted by Gasteiger charge is -2.47. The van der Waals surface area contributed by atoms with Crippen molar-refractivity contribution < 1.29 is 9.90 Å². The van der Waals surface area contributed by atoms with E-state index in [1.165, 1.54) is 4.88 Å². The van der Waals surface area contributed by atoms with E-state index in [0.717, 1.165) is 17.2 Å². The van der Waals surface area contributed by atoms with E-state index < -0.39 is 5.97 Å². The summed E-state index contributed by atoms with van der Waals surface area (Å²) in [6.07, 6.45) is 1.65. The molecule has 1 aromatic rings. The van der Waals surface area contributed by atoms with E-state index in [2.05, 4.69) is 39.1 Å². The molecule has 0 amide bonds.